The lowest BCUT2D eigenvalue weighted by Gasteiger charge is -2.17. The first-order chi connectivity index (χ1) is 14.6. The summed E-state index contributed by atoms with van der Waals surface area (Å²) in [6.45, 7) is 0.556. The van der Waals surface area contributed by atoms with Crippen LogP contribution in [0.2, 0.25) is 0 Å². The Labute approximate surface area is 176 Å². The summed E-state index contributed by atoms with van der Waals surface area (Å²) in [6.07, 6.45) is -0.567. The average Bonchev–Trinajstić information content (AvgIpc) is 3.39. The Hall–Kier alpha value is -3.34. The van der Waals surface area contributed by atoms with Crippen molar-refractivity contribution in [2.75, 3.05) is 16.2 Å². The van der Waals surface area contributed by atoms with E-state index in [1.165, 1.54) is 41.3 Å². The fourth-order valence-electron chi connectivity index (χ4n) is 3.34. The zero-order valence-electron chi connectivity index (χ0n) is 16.0. The number of hydrogen-bond acceptors (Lipinski definition) is 4. The van der Waals surface area contributed by atoms with Crippen molar-refractivity contribution < 1.29 is 26.4 Å². The first-order valence-corrected chi connectivity index (χ1v) is 10.8. The second-order valence-corrected chi connectivity index (χ2v) is 8.61. The van der Waals surface area contributed by atoms with Gasteiger partial charge in [0.1, 0.15) is 0 Å². The molecule has 2 aromatic carbocycles. The molecular formula is C20H17F3N4O3S. The van der Waals surface area contributed by atoms with Gasteiger partial charge in [-0.05, 0) is 55.0 Å². The quantitative estimate of drug-likeness (QED) is 0.641. The maximum absolute atomic E-state index is 13.2. The van der Waals surface area contributed by atoms with Crippen LogP contribution in [0.25, 0.3) is 5.69 Å². The molecule has 0 spiro atoms. The van der Waals surface area contributed by atoms with E-state index in [0.29, 0.717) is 18.7 Å². The minimum absolute atomic E-state index is 0.0402. The van der Waals surface area contributed by atoms with Crippen molar-refractivity contribution in [2.45, 2.75) is 23.9 Å². The van der Waals surface area contributed by atoms with Gasteiger partial charge in [-0.15, -0.1) is 0 Å². The number of hydrogen-bond donors (Lipinski definition) is 1. The Morgan fingerprint density at radius 2 is 1.81 bits per heavy atom. The molecule has 3 aromatic rings. The number of alkyl halides is 3. The van der Waals surface area contributed by atoms with Gasteiger partial charge in [0, 0.05) is 31.0 Å². The number of carbonyl (C=O) groups is 1. The summed E-state index contributed by atoms with van der Waals surface area (Å²) in [7, 11) is -4.20. The van der Waals surface area contributed by atoms with Crippen LogP contribution in [0.1, 0.15) is 18.4 Å². The number of nitrogens with zero attached hydrogens (tertiary/aromatic N) is 3. The van der Waals surface area contributed by atoms with Crippen molar-refractivity contribution in [3.63, 3.8) is 0 Å². The monoisotopic (exact) mass is 450 g/mol. The summed E-state index contributed by atoms with van der Waals surface area (Å²) in [5, 5.41) is 3.97. The van der Waals surface area contributed by atoms with Crippen LogP contribution in [0.15, 0.2) is 65.8 Å². The van der Waals surface area contributed by atoms with Gasteiger partial charge in [0.15, 0.2) is 0 Å². The minimum Gasteiger partial charge on any atom is -0.312 e. The predicted octanol–water partition coefficient (Wildman–Crippen LogP) is 3.82. The smallest absolute Gasteiger partial charge is 0.312 e. The molecule has 1 amide bonds. The summed E-state index contributed by atoms with van der Waals surface area (Å²) in [6, 6.07) is 9.91. The molecule has 1 N–H and O–H groups in total. The Kier molecular flexibility index (Phi) is 5.21. The molecule has 2 heterocycles. The van der Waals surface area contributed by atoms with E-state index in [9.17, 15) is 26.4 Å². The second-order valence-electron chi connectivity index (χ2n) is 6.93. The molecule has 1 fully saturated rings. The number of nitrogens with one attached hydrogen (secondary N) is 1. The Morgan fingerprint density at radius 1 is 1.06 bits per heavy atom. The topological polar surface area (TPSA) is 84.3 Å². The molecule has 0 aliphatic carbocycles. The second kappa shape index (κ2) is 7.73. The third-order valence-corrected chi connectivity index (χ3v) is 6.23. The van der Waals surface area contributed by atoms with Gasteiger partial charge >= 0.3 is 6.18 Å². The van der Waals surface area contributed by atoms with Crippen LogP contribution in [0.5, 0.6) is 0 Å². The van der Waals surface area contributed by atoms with Crippen LogP contribution in [0.4, 0.5) is 24.5 Å². The summed E-state index contributed by atoms with van der Waals surface area (Å²) < 4.78 is 68.8. The fraction of sp³-hybridized carbons (Fsp3) is 0.200. The van der Waals surface area contributed by atoms with E-state index in [1.54, 1.807) is 11.0 Å². The number of sulfonamides is 1. The average molecular weight is 450 g/mol. The summed E-state index contributed by atoms with van der Waals surface area (Å²) in [4.78, 5) is 13.3. The molecule has 0 bridgehead atoms. The lowest BCUT2D eigenvalue weighted by molar-refractivity contribution is -0.137. The molecule has 1 aliphatic rings. The normalized spacial score (nSPS) is 14.8. The molecule has 0 radical (unpaired) electrons. The number of halogens is 3. The van der Waals surface area contributed by atoms with E-state index < -0.39 is 21.8 Å². The van der Waals surface area contributed by atoms with Gasteiger partial charge in [-0.3, -0.25) is 9.52 Å². The Bertz CT molecular complexity index is 1210. The van der Waals surface area contributed by atoms with Crippen LogP contribution in [-0.4, -0.2) is 30.7 Å². The summed E-state index contributed by atoms with van der Waals surface area (Å²) in [5.74, 6) is -0.0402. The minimum atomic E-state index is -4.65. The van der Waals surface area contributed by atoms with Gasteiger partial charge in [0.05, 0.1) is 21.8 Å². The molecule has 11 heteroatoms. The Balaban J connectivity index is 1.68. The molecule has 0 unspecified atom stereocenters. The highest BCUT2D eigenvalue weighted by atomic mass is 32.2. The largest absolute Gasteiger partial charge is 0.416 e. The molecule has 7 nitrogen and oxygen atoms in total. The summed E-state index contributed by atoms with van der Waals surface area (Å²) >= 11 is 0. The predicted molar refractivity (Wildman–Crippen MR) is 107 cm³/mol. The molecule has 31 heavy (non-hydrogen) atoms. The third-order valence-electron chi connectivity index (χ3n) is 4.85. The number of aromatic nitrogens is 2. The van der Waals surface area contributed by atoms with Crippen molar-refractivity contribution >= 4 is 27.3 Å². The van der Waals surface area contributed by atoms with E-state index in [0.717, 1.165) is 24.6 Å². The number of benzene rings is 2. The lowest BCUT2D eigenvalue weighted by Crippen LogP contribution is -2.23. The van der Waals surface area contributed by atoms with Crippen molar-refractivity contribution in [1.82, 2.24) is 9.78 Å². The van der Waals surface area contributed by atoms with Crippen LogP contribution in [0.3, 0.4) is 0 Å². The third kappa shape index (κ3) is 4.26. The van der Waals surface area contributed by atoms with Gasteiger partial charge in [0.2, 0.25) is 5.91 Å². The Morgan fingerprint density at radius 3 is 2.39 bits per heavy atom. The molecular weight excluding hydrogens is 433 g/mol. The molecule has 4 rings (SSSR count). The summed E-state index contributed by atoms with van der Waals surface area (Å²) in [5.41, 5.74) is -0.556. The van der Waals surface area contributed by atoms with E-state index in [1.807, 2.05) is 0 Å². The van der Waals surface area contributed by atoms with E-state index in [2.05, 4.69) is 9.82 Å². The van der Waals surface area contributed by atoms with Gasteiger partial charge in [-0.2, -0.15) is 18.3 Å². The molecule has 1 aliphatic heterocycles. The maximum Gasteiger partial charge on any atom is 0.416 e. The number of rotatable bonds is 5. The first-order valence-electron chi connectivity index (χ1n) is 9.30. The number of amides is 1. The zero-order chi connectivity index (χ0) is 22.2. The van der Waals surface area contributed by atoms with Crippen LogP contribution >= 0.6 is 0 Å². The van der Waals surface area contributed by atoms with E-state index in [4.69, 9.17) is 0 Å². The number of carbonyl (C=O) groups excluding carboxylic acids is 1. The highest BCUT2D eigenvalue weighted by Gasteiger charge is 2.32. The van der Waals surface area contributed by atoms with E-state index >= 15 is 0 Å². The van der Waals surface area contributed by atoms with Crippen molar-refractivity contribution in [3.8, 4) is 5.69 Å². The lowest BCUT2D eigenvalue weighted by atomic mass is 10.1. The van der Waals surface area contributed by atoms with Gasteiger partial charge in [-0.1, -0.05) is 0 Å². The number of anilines is 2. The van der Waals surface area contributed by atoms with E-state index in [-0.39, 0.29) is 22.2 Å². The van der Waals surface area contributed by atoms with Gasteiger partial charge in [0.25, 0.3) is 10.0 Å². The maximum atomic E-state index is 13.2. The molecule has 162 valence electrons. The first kappa shape index (κ1) is 20.9. The van der Waals surface area contributed by atoms with Crippen molar-refractivity contribution in [3.05, 3.63) is 66.5 Å². The van der Waals surface area contributed by atoms with Crippen molar-refractivity contribution in [2.24, 2.45) is 0 Å². The molecule has 1 aromatic heterocycles. The van der Waals surface area contributed by atoms with Crippen LogP contribution < -0.4 is 9.62 Å². The highest BCUT2D eigenvalue weighted by molar-refractivity contribution is 7.92. The zero-order valence-corrected chi connectivity index (χ0v) is 16.8. The SMILES string of the molecule is O=C1CCCN1c1ccc(S(=O)(=O)Nc2cc(C(F)(F)F)ccc2-n2cccn2)cc1. The van der Waals surface area contributed by atoms with Gasteiger partial charge < -0.3 is 4.90 Å². The molecule has 0 atom stereocenters. The molecule has 1 saturated heterocycles. The highest BCUT2D eigenvalue weighted by Crippen LogP contribution is 2.34. The standard InChI is InChI=1S/C20H17F3N4O3S/c21-20(22,23)14-4-9-18(27-12-2-10-24-27)17(13-14)25-31(29,30)16-7-5-15(6-8-16)26-11-1-3-19(26)28/h2,4-10,12-13,25H,1,3,11H2. The molecule has 0 saturated carbocycles. The van der Waals surface area contributed by atoms with Gasteiger partial charge in [-0.25, -0.2) is 13.1 Å². The van der Waals surface area contributed by atoms with Crippen LogP contribution in [0, 0.1) is 0 Å². The van der Waals surface area contributed by atoms with Crippen molar-refractivity contribution in [1.29, 1.82) is 0 Å². The van der Waals surface area contributed by atoms with Crippen LogP contribution in [-0.2, 0) is 21.0 Å². The fourth-order valence-corrected chi connectivity index (χ4v) is 4.40.